The summed E-state index contributed by atoms with van der Waals surface area (Å²) in [5.74, 6) is -0.535. The number of amides is 1. The lowest BCUT2D eigenvalue weighted by Gasteiger charge is -2.19. The molecule has 0 fully saturated rings. The van der Waals surface area contributed by atoms with Gasteiger partial charge in [-0.05, 0) is 36.8 Å². The molecule has 2 N–H and O–H groups in total. The van der Waals surface area contributed by atoms with Gasteiger partial charge in [0.15, 0.2) is 0 Å². The minimum atomic E-state index is -3.77. The van der Waals surface area contributed by atoms with Crippen LogP contribution in [0.25, 0.3) is 0 Å². The smallest absolute Gasteiger partial charge is 0.251 e. The monoisotopic (exact) mass is 484 g/mol. The summed E-state index contributed by atoms with van der Waals surface area (Å²) in [6.45, 7) is 5.37. The predicted molar refractivity (Wildman–Crippen MR) is 124 cm³/mol. The molecule has 0 unspecified atom stereocenters. The summed E-state index contributed by atoms with van der Waals surface area (Å²) in [5, 5.41) is 2.60. The Labute approximate surface area is 188 Å². The fraction of sp³-hybridized carbons (Fsp3) is 0.400. The Kier molecular flexibility index (Phi) is 8.58. The summed E-state index contributed by atoms with van der Waals surface area (Å²) in [5.41, 5.74) is 0.245. The van der Waals surface area contributed by atoms with Crippen molar-refractivity contribution >= 4 is 37.3 Å². The SMILES string of the molecule is CCCS(=O)(=O)Nc1ccc(NC(=O)Cn2cc(S(=O)(=O)N(CC)CC)ccc2=O)cc1. The van der Waals surface area contributed by atoms with Gasteiger partial charge in [-0.25, -0.2) is 16.8 Å². The molecule has 0 radical (unpaired) electrons. The summed E-state index contributed by atoms with van der Waals surface area (Å²) in [6.07, 6.45) is 1.64. The van der Waals surface area contributed by atoms with Crippen molar-refractivity contribution < 1.29 is 21.6 Å². The predicted octanol–water partition coefficient (Wildman–Crippen LogP) is 1.67. The lowest BCUT2D eigenvalue weighted by molar-refractivity contribution is -0.116. The van der Waals surface area contributed by atoms with Gasteiger partial charge in [0.2, 0.25) is 26.0 Å². The number of nitrogens with one attached hydrogen (secondary N) is 2. The summed E-state index contributed by atoms with van der Waals surface area (Å²) >= 11 is 0. The van der Waals surface area contributed by atoms with Gasteiger partial charge >= 0.3 is 0 Å². The molecule has 12 heteroatoms. The molecule has 0 bridgehead atoms. The molecule has 1 aromatic carbocycles. The third-order valence-corrected chi connectivity index (χ3v) is 8.05. The van der Waals surface area contributed by atoms with Crippen LogP contribution in [0.5, 0.6) is 0 Å². The Hall–Kier alpha value is -2.70. The van der Waals surface area contributed by atoms with Crippen LogP contribution >= 0.6 is 0 Å². The van der Waals surface area contributed by atoms with Crippen LogP contribution in [-0.4, -0.2) is 50.5 Å². The lowest BCUT2D eigenvalue weighted by atomic mass is 10.3. The zero-order valence-electron chi connectivity index (χ0n) is 18.2. The number of benzene rings is 1. The number of carbonyl (C=O) groups is 1. The highest BCUT2D eigenvalue weighted by Crippen LogP contribution is 2.16. The van der Waals surface area contributed by atoms with Crippen LogP contribution in [-0.2, 0) is 31.4 Å². The molecule has 0 aliphatic rings. The molecule has 0 saturated heterocycles. The van der Waals surface area contributed by atoms with Crippen molar-refractivity contribution in [2.75, 3.05) is 28.9 Å². The molecule has 0 aliphatic carbocycles. The molecule has 1 heterocycles. The van der Waals surface area contributed by atoms with E-state index in [4.69, 9.17) is 0 Å². The van der Waals surface area contributed by atoms with Crippen molar-refractivity contribution in [3.63, 3.8) is 0 Å². The van der Waals surface area contributed by atoms with Crippen molar-refractivity contribution in [3.05, 3.63) is 52.9 Å². The minimum absolute atomic E-state index is 0.00327. The van der Waals surface area contributed by atoms with Crippen LogP contribution < -0.4 is 15.6 Å². The maximum Gasteiger partial charge on any atom is 0.251 e. The third-order valence-electron chi connectivity index (χ3n) is 4.53. The molecule has 0 spiro atoms. The van der Waals surface area contributed by atoms with Crippen LogP contribution in [0.3, 0.4) is 0 Å². The van der Waals surface area contributed by atoms with Gasteiger partial charge in [-0.15, -0.1) is 0 Å². The highest BCUT2D eigenvalue weighted by atomic mass is 32.2. The van der Waals surface area contributed by atoms with Crippen LogP contribution in [0.1, 0.15) is 27.2 Å². The second-order valence-corrected chi connectivity index (χ2v) is 10.7. The summed E-state index contributed by atoms with van der Waals surface area (Å²) in [6, 6.07) is 8.39. The van der Waals surface area contributed by atoms with Gasteiger partial charge in [0, 0.05) is 36.7 Å². The van der Waals surface area contributed by atoms with E-state index in [-0.39, 0.29) is 30.3 Å². The number of aromatic nitrogens is 1. The van der Waals surface area contributed by atoms with E-state index in [1.54, 1.807) is 20.8 Å². The van der Waals surface area contributed by atoms with Crippen molar-refractivity contribution in [1.82, 2.24) is 8.87 Å². The van der Waals surface area contributed by atoms with Gasteiger partial charge in [0.05, 0.1) is 10.6 Å². The molecule has 2 aromatic rings. The van der Waals surface area contributed by atoms with Crippen LogP contribution in [0, 0.1) is 0 Å². The number of pyridine rings is 1. The standard InChI is InChI=1S/C20H28N4O6S2/c1-4-13-31(27,28)22-17-9-7-16(8-10-17)21-19(25)15-23-14-18(11-12-20(23)26)32(29,30)24(5-2)6-3/h7-12,14,22H,4-6,13,15H2,1-3H3,(H,21,25). The molecule has 1 aromatic heterocycles. The maximum absolute atomic E-state index is 12.7. The summed E-state index contributed by atoms with van der Waals surface area (Å²) < 4.78 is 53.7. The van der Waals surface area contributed by atoms with Crippen LogP contribution in [0.15, 0.2) is 52.3 Å². The molecule has 0 saturated carbocycles. The molecule has 0 aliphatic heterocycles. The van der Waals surface area contributed by atoms with E-state index >= 15 is 0 Å². The minimum Gasteiger partial charge on any atom is -0.325 e. The Bertz CT molecular complexity index is 1200. The number of anilines is 2. The van der Waals surface area contributed by atoms with Gasteiger partial charge < -0.3 is 9.88 Å². The van der Waals surface area contributed by atoms with Crippen LogP contribution in [0.4, 0.5) is 11.4 Å². The molecule has 2 rings (SSSR count). The maximum atomic E-state index is 12.7. The molecule has 0 atom stereocenters. The number of nitrogens with zero attached hydrogens (tertiary/aromatic N) is 2. The zero-order chi connectivity index (χ0) is 23.9. The molecule has 1 amide bonds. The van der Waals surface area contributed by atoms with E-state index in [1.165, 1.54) is 34.6 Å². The summed E-state index contributed by atoms with van der Waals surface area (Å²) in [7, 11) is -7.19. The first kappa shape index (κ1) is 25.6. The second kappa shape index (κ2) is 10.7. The van der Waals surface area contributed by atoms with Gasteiger partial charge in [-0.1, -0.05) is 20.8 Å². The van der Waals surface area contributed by atoms with Crippen LogP contribution in [0.2, 0.25) is 0 Å². The Morgan fingerprint density at radius 3 is 2.09 bits per heavy atom. The lowest BCUT2D eigenvalue weighted by Crippen LogP contribution is -2.33. The largest absolute Gasteiger partial charge is 0.325 e. The molecular weight excluding hydrogens is 456 g/mol. The van der Waals surface area contributed by atoms with Gasteiger partial charge in [0.1, 0.15) is 6.54 Å². The highest BCUT2D eigenvalue weighted by molar-refractivity contribution is 7.92. The molecule has 10 nitrogen and oxygen atoms in total. The quantitative estimate of drug-likeness (QED) is 0.498. The molecule has 176 valence electrons. The Balaban J connectivity index is 2.12. The molecular formula is C20H28N4O6S2. The van der Waals surface area contributed by atoms with Crippen molar-refractivity contribution in [1.29, 1.82) is 0 Å². The normalized spacial score (nSPS) is 12.0. The van der Waals surface area contributed by atoms with Gasteiger partial charge in [-0.3, -0.25) is 14.3 Å². The molecule has 32 heavy (non-hydrogen) atoms. The van der Waals surface area contributed by atoms with Crippen molar-refractivity contribution in [2.45, 2.75) is 38.6 Å². The van der Waals surface area contributed by atoms with E-state index in [9.17, 15) is 26.4 Å². The zero-order valence-corrected chi connectivity index (χ0v) is 19.9. The summed E-state index contributed by atoms with van der Waals surface area (Å²) in [4.78, 5) is 24.5. The fourth-order valence-electron chi connectivity index (χ4n) is 2.97. The number of hydrogen-bond donors (Lipinski definition) is 2. The van der Waals surface area contributed by atoms with E-state index in [0.29, 0.717) is 17.8 Å². The van der Waals surface area contributed by atoms with E-state index in [0.717, 1.165) is 16.8 Å². The van der Waals surface area contributed by atoms with E-state index in [2.05, 4.69) is 10.0 Å². The van der Waals surface area contributed by atoms with Crippen molar-refractivity contribution in [2.24, 2.45) is 0 Å². The number of sulfonamides is 2. The van der Waals surface area contributed by atoms with E-state index in [1.807, 2.05) is 0 Å². The van der Waals surface area contributed by atoms with E-state index < -0.39 is 31.5 Å². The number of rotatable bonds is 11. The van der Waals surface area contributed by atoms with Gasteiger partial charge in [-0.2, -0.15) is 4.31 Å². The third kappa shape index (κ3) is 6.65. The topological polar surface area (TPSA) is 135 Å². The fourth-order valence-corrected chi connectivity index (χ4v) is 5.59. The first-order valence-corrected chi connectivity index (χ1v) is 13.2. The van der Waals surface area contributed by atoms with Gasteiger partial charge in [0.25, 0.3) is 5.56 Å². The Morgan fingerprint density at radius 2 is 1.53 bits per heavy atom. The average molecular weight is 485 g/mol. The average Bonchev–Trinajstić information content (AvgIpc) is 2.71. The second-order valence-electron chi connectivity index (χ2n) is 6.97. The number of hydrogen-bond acceptors (Lipinski definition) is 6. The number of carbonyl (C=O) groups excluding carboxylic acids is 1. The Morgan fingerprint density at radius 1 is 0.938 bits per heavy atom. The highest BCUT2D eigenvalue weighted by Gasteiger charge is 2.22. The first-order chi connectivity index (χ1) is 15.0. The van der Waals surface area contributed by atoms with Crippen molar-refractivity contribution in [3.8, 4) is 0 Å². The first-order valence-electron chi connectivity index (χ1n) is 10.1.